The minimum Gasteiger partial charge on any atom is -0.481 e. The molecule has 0 aromatic carbocycles. The van der Waals surface area contributed by atoms with Crippen molar-refractivity contribution in [3.8, 4) is 0 Å². The van der Waals surface area contributed by atoms with Gasteiger partial charge in [-0.3, -0.25) is 4.79 Å². The number of nitrogens with two attached hydrogens (primary N) is 1. The summed E-state index contributed by atoms with van der Waals surface area (Å²) in [6, 6.07) is -0.104. The first-order valence-electron chi connectivity index (χ1n) is 5.90. The Morgan fingerprint density at radius 2 is 1.75 bits per heavy atom. The molecule has 92 valence electrons. The largest absolute Gasteiger partial charge is 0.481 e. The number of hydrogen-bond acceptors (Lipinski definition) is 2. The van der Waals surface area contributed by atoms with Crippen LogP contribution in [0.4, 0.5) is 0 Å². The smallest absolute Gasteiger partial charge is 0.308 e. The molecule has 0 spiro atoms. The zero-order valence-electron chi connectivity index (χ0n) is 9.45. The van der Waals surface area contributed by atoms with Crippen molar-refractivity contribution in [3.63, 3.8) is 0 Å². The van der Waals surface area contributed by atoms with E-state index in [1.165, 1.54) is 12.8 Å². The lowest BCUT2D eigenvalue weighted by atomic mass is 9.92. The Bertz CT molecular complexity index is 258. The molecular weight excluding hydrogens is 224 g/mol. The molecule has 0 saturated heterocycles. The van der Waals surface area contributed by atoms with Crippen LogP contribution in [-0.2, 0) is 4.79 Å². The number of carboxylic acid groups (broad SMARTS) is 1. The average molecular weight is 244 g/mol. The van der Waals surface area contributed by atoms with Crippen LogP contribution >= 0.6 is 12.2 Å². The molecule has 0 aromatic rings. The summed E-state index contributed by atoms with van der Waals surface area (Å²) in [5, 5.41) is 12.3. The molecule has 0 heterocycles. The van der Waals surface area contributed by atoms with E-state index in [1.54, 1.807) is 0 Å². The van der Waals surface area contributed by atoms with Gasteiger partial charge in [0.05, 0.1) is 5.92 Å². The Morgan fingerprint density at radius 1 is 1.19 bits per heavy atom. The normalized spacial score (nSPS) is 27.2. The van der Waals surface area contributed by atoms with Crippen LogP contribution < -0.4 is 11.1 Å². The highest BCUT2D eigenvalue weighted by molar-refractivity contribution is 7.80. The Labute approximate surface area is 102 Å². The van der Waals surface area contributed by atoms with E-state index in [2.05, 4.69) is 5.32 Å². The number of nitrogens with one attached hydrogen (secondary N) is 1. The van der Waals surface area contributed by atoms with Crippen LogP contribution in [0.2, 0.25) is 0 Å². The summed E-state index contributed by atoms with van der Waals surface area (Å²) >= 11 is 4.80. The number of rotatable bonds is 2. The first-order chi connectivity index (χ1) is 7.61. The second-order valence-electron chi connectivity index (χ2n) is 4.40. The van der Waals surface area contributed by atoms with Gasteiger partial charge in [-0.25, -0.2) is 0 Å². The van der Waals surface area contributed by atoms with E-state index < -0.39 is 5.97 Å². The fourth-order valence-corrected chi connectivity index (χ4v) is 2.46. The third kappa shape index (κ3) is 4.35. The Morgan fingerprint density at radius 3 is 2.31 bits per heavy atom. The zero-order chi connectivity index (χ0) is 12.0. The van der Waals surface area contributed by atoms with Gasteiger partial charge in [0.1, 0.15) is 0 Å². The fraction of sp³-hybridized carbons (Fsp3) is 0.818. The monoisotopic (exact) mass is 244 g/mol. The predicted molar refractivity (Wildman–Crippen MR) is 67.2 cm³/mol. The van der Waals surface area contributed by atoms with Gasteiger partial charge >= 0.3 is 5.97 Å². The number of hydrogen-bond donors (Lipinski definition) is 3. The standard InChI is InChI=1S/C11H20N2O2S/c12-11(16)13-9-7-5-3-1-2-4-6-8(9)10(14)15/h8-9H,1-7H2,(H,14,15)(H3,12,13,16). The highest BCUT2D eigenvalue weighted by Crippen LogP contribution is 2.22. The molecule has 1 rings (SSSR count). The fourth-order valence-electron chi connectivity index (χ4n) is 2.31. The molecular formula is C11H20N2O2S. The van der Waals surface area contributed by atoms with Crippen molar-refractivity contribution in [1.29, 1.82) is 0 Å². The molecule has 2 atom stereocenters. The molecule has 0 amide bonds. The van der Waals surface area contributed by atoms with E-state index in [4.69, 9.17) is 18.0 Å². The van der Waals surface area contributed by atoms with Crippen molar-refractivity contribution in [2.75, 3.05) is 0 Å². The van der Waals surface area contributed by atoms with Crippen LogP contribution in [0.1, 0.15) is 44.9 Å². The third-order valence-electron chi connectivity index (χ3n) is 3.16. The van der Waals surface area contributed by atoms with Gasteiger partial charge in [0.15, 0.2) is 5.11 Å². The van der Waals surface area contributed by atoms with Crippen LogP contribution in [0.3, 0.4) is 0 Å². The zero-order valence-corrected chi connectivity index (χ0v) is 10.3. The molecule has 16 heavy (non-hydrogen) atoms. The maximum Gasteiger partial charge on any atom is 0.308 e. The van der Waals surface area contributed by atoms with Gasteiger partial charge in [-0.2, -0.15) is 0 Å². The molecule has 0 bridgehead atoms. The Balaban J connectivity index is 2.67. The molecule has 0 aromatic heterocycles. The summed E-state index contributed by atoms with van der Waals surface area (Å²) in [7, 11) is 0. The summed E-state index contributed by atoms with van der Waals surface area (Å²) in [5.41, 5.74) is 5.44. The van der Waals surface area contributed by atoms with E-state index in [9.17, 15) is 9.90 Å². The lowest BCUT2D eigenvalue weighted by Gasteiger charge is -2.24. The molecule has 2 unspecified atom stereocenters. The number of aliphatic carboxylic acids is 1. The Hall–Kier alpha value is -0.840. The van der Waals surface area contributed by atoms with Gasteiger partial charge in [-0.05, 0) is 25.1 Å². The molecule has 1 aliphatic rings. The van der Waals surface area contributed by atoms with E-state index in [-0.39, 0.29) is 17.1 Å². The number of carbonyl (C=O) groups is 1. The highest BCUT2D eigenvalue weighted by atomic mass is 32.1. The summed E-state index contributed by atoms with van der Waals surface area (Å²) in [6.45, 7) is 0. The number of carboxylic acids is 1. The second-order valence-corrected chi connectivity index (χ2v) is 4.84. The molecule has 1 aliphatic carbocycles. The minimum atomic E-state index is -0.740. The van der Waals surface area contributed by atoms with Crippen molar-refractivity contribution in [3.05, 3.63) is 0 Å². The van der Waals surface area contributed by atoms with Gasteiger partial charge < -0.3 is 16.2 Å². The van der Waals surface area contributed by atoms with Crippen LogP contribution in [0.5, 0.6) is 0 Å². The first kappa shape index (κ1) is 13.2. The molecule has 0 radical (unpaired) electrons. The van der Waals surface area contributed by atoms with Gasteiger partial charge in [0.25, 0.3) is 0 Å². The topological polar surface area (TPSA) is 75.3 Å². The minimum absolute atomic E-state index is 0.104. The van der Waals surface area contributed by atoms with Gasteiger partial charge in [0, 0.05) is 6.04 Å². The average Bonchev–Trinajstić information content (AvgIpc) is 2.29. The molecule has 4 N–H and O–H groups in total. The summed E-state index contributed by atoms with van der Waals surface area (Å²) < 4.78 is 0. The van der Waals surface area contributed by atoms with Crippen LogP contribution in [-0.4, -0.2) is 22.2 Å². The van der Waals surface area contributed by atoms with Crippen molar-refractivity contribution in [1.82, 2.24) is 5.32 Å². The predicted octanol–water partition coefficient (Wildman–Crippen LogP) is 1.63. The third-order valence-corrected chi connectivity index (χ3v) is 3.28. The molecule has 1 saturated carbocycles. The van der Waals surface area contributed by atoms with Crippen LogP contribution in [0, 0.1) is 5.92 Å². The van der Waals surface area contributed by atoms with Gasteiger partial charge in [-0.1, -0.05) is 32.1 Å². The van der Waals surface area contributed by atoms with E-state index >= 15 is 0 Å². The van der Waals surface area contributed by atoms with Crippen molar-refractivity contribution < 1.29 is 9.90 Å². The lowest BCUT2D eigenvalue weighted by molar-refractivity contribution is -0.143. The lowest BCUT2D eigenvalue weighted by Crippen LogP contribution is -2.45. The second kappa shape index (κ2) is 6.68. The van der Waals surface area contributed by atoms with Gasteiger partial charge in [0.2, 0.25) is 0 Å². The van der Waals surface area contributed by atoms with E-state index in [1.807, 2.05) is 0 Å². The maximum absolute atomic E-state index is 11.2. The summed E-state index contributed by atoms with van der Waals surface area (Å²) in [6.07, 6.45) is 7.08. The van der Waals surface area contributed by atoms with Crippen molar-refractivity contribution in [2.45, 2.75) is 51.0 Å². The van der Waals surface area contributed by atoms with Gasteiger partial charge in [-0.15, -0.1) is 0 Å². The molecule has 5 heteroatoms. The van der Waals surface area contributed by atoms with Crippen molar-refractivity contribution in [2.24, 2.45) is 11.7 Å². The number of thiocarbonyl (C=S) groups is 1. The summed E-state index contributed by atoms with van der Waals surface area (Å²) in [5.74, 6) is -1.10. The maximum atomic E-state index is 11.2. The van der Waals surface area contributed by atoms with Crippen molar-refractivity contribution >= 4 is 23.3 Å². The molecule has 1 fully saturated rings. The first-order valence-corrected chi connectivity index (χ1v) is 6.31. The van der Waals surface area contributed by atoms with E-state index in [0.29, 0.717) is 0 Å². The van der Waals surface area contributed by atoms with E-state index in [0.717, 1.165) is 32.1 Å². The molecule has 0 aliphatic heterocycles. The summed E-state index contributed by atoms with van der Waals surface area (Å²) in [4.78, 5) is 11.2. The van der Waals surface area contributed by atoms with Crippen LogP contribution in [0.15, 0.2) is 0 Å². The Kier molecular flexibility index (Phi) is 5.52. The highest BCUT2D eigenvalue weighted by Gasteiger charge is 2.28. The SMILES string of the molecule is NC(=S)NC1CCCCCCCC1C(=O)O. The van der Waals surface area contributed by atoms with Crippen LogP contribution in [0.25, 0.3) is 0 Å². The quantitative estimate of drug-likeness (QED) is 0.644. The molecule has 4 nitrogen and oxygen atoms in total.